The van der Waals surface area contributed by atoms with Crippen LogP contribution in [0.1, 0.15) is 21.5 Å². The minimum absolute atomic E-state index is 0.265. The summed E-state index contributed by atoms with van der Waals surface area (Å²) in [6.45, 7) is 0.265. The first-order valence-electron chi connectivity index (χ1n) is 7.89. The Balaban J connectivity index is 1.78. The third kappa shape index (κ3) is 3.85. The van der Waals surface area contributed by atoms with Crippen molar-refractivity contribution in [3.63, 3.8) is 0 Å². The van der Waals surface area contributed by atoms with Crippen molar-refractivity contribution in [2.75, 3.05) is 0 Å². The Bertz CT molecular complexity index is 992. The maximum Gasteiger partial charge on any atom is 0.252 e. The summed E-state index contributed by atoms with van der Waals surface area (Å²) in [6, 6.07) is 22.0. The van der Waals surface area contributed by atoms with Crippen LogP contribution in [0.3, 0.4) is 0 Å². The largest absolute Gasteiger partial charge is 0.488 e. The van der Waals surface area contributed by atoms with E-state index in [2.05, 4.69) is 6.07 Å². The molecular weight excluding hydrogens is 348 g/mol. The standard InChI is InChI=1S/C21H15ClN2O2/c22-17-9-10-19(21(24)25)20(11-17)26-13-14-5-7-15(8-6-14)18-4-2-1-3-16(18)12-23/h1-11H,13H2,(H2,24,25). The van der Waals surface area contributed by atoms with Crippen LogP contribution in [0.5, 0.6) is 5.75 Å². The van der Waals surface area contributed by atoms with Gasteiger partial charge in [0.15, 0.2) is 0 Å². The van der Waals surface area contributed by atoms with Crippen molar-refractivity contribution in [1.29, 1.82) is 5.26 Å². The Morgan fingerprint density at radius 3 is 2.50 bits per heavy atom. The fourth-order valence-corrected chi connectivity index (χ4v) is 2.76. The number of nitrogens with two attached hydrogens (primary N) is 1. The smallest absolute Gasteiger partial charge is 0.252 e. The fourth-order valence-electron chi connectivity index (χ4n) is 2.59. The third-order valence-corrected chi connectivity index (χ3v) is 4.15. The second-order valence-electron chi connectivity index (χ2n) is 5.65. The lowest BCUT2D eigenvalue weighted by Gasteiger charge is -2.11. The van der Waals surface area contributed by atoms with E-state index in [0.717, 1.165) is 16.7 Å². The van der Waals surface area contributed by atoms with Gasteiger partial charge in [0.25, 0.3) is 5.91 Å². The maximum atomic E-state index is 11.5. The van der Waals surface area contributed by atoms with E-state index in [0.29, 0.717) is 16.3 Å². The fraction of sp³-hybridized carbons (Fsp3) is 0.0476. The van der Waals surface area contributed by atoms with Crippen molar-refractivity contribution in [1.82, 2.24) is 0 Å². The molecule has 0 aliphatic rings. The number of nitriles is 1. The molecule has 5 heteroatoms. The summed E-state index contributed by atoms with van der Waals surface area (Å²) >= 11 is 5.96. The molecule has 0 saturated carbocycles. The molecule has 0 bridgehead atoms. The number of hydrogen-bond donors (Lipinski definition) is 1. The van der Waals surface area contributed by atoms with Crippen LogP contribution in [0.25, 0.3) is 11.1 Å². The van der Waals surface area contributed by atoms with Gasteiger partial charge in [-0.15, -0.1) is 0 Å². The number of rotatable bonds is 5. The molecule has 3 aromatic carbocycles. The van der Waals surface area contributed by atoms with Crippen LogP contribution in [0.2, 0.25) is 5.02 Å². The van der Waals surface area contributed by atoms with Gasteiger partial charge in [0.2, 0.25) is 0 Å². The van der Waals surface area contributed by atoms with Crippen molar-refractivity contribution < 1.29 is 9.53 Å². The molecule has 0 heterocycles. The zero-order valence-corrected chi connectivity index (χ0v) is 14.5. The number of amides is 1. The lowest BCUT2D eigenvalue weighted by Crippen LogP contribution is -2.13. The summed E-state index contributed by atoms with van der Waals surface area (Å²) in [4.78, 5) is 11.5. The first kappa shape index (κ1) is 17.5. The normalized spacial score (nSPS) is 10.2. The second kappa shape index (κ2) is 7.73. The average molecular weight is 363 g/mol. The van der Waals surface area contributed by atoms with E-state index >= 15 is 0 Å². The molecule has 0 saturated heterocycles. The summed E-state index contributed by atoms with van der Waals surface area (Å²) in [7, 11) is 0. The van der Waals surface area contributed by atoms with Crippen molar-refractivity contribution >= 4 is 17.5 Å². The number of ether oxygens (including phenoxy) is 1. The van der Waals surface area contributed by atoms with Gasteiger partial charge in [-0.2, -0.15) is 5.26 Å². The SMILES string of the molecule is N#Cc1ccccc1-c1ccc(COc2cc(Cl)ccc2C(N)=O)cc1. The van der Waals surface area contributed by atoms with Gasteiger partial charge < -0.3 is 10.5 Å². The maximum absolute atomic E-state index is 11.5. The predicted octanol–water partition coefficient (Wildman–Crippen LogP) is 4.56. The van der Waals surface area contributed by atoms with Gasteiger partial charge in [0.1, 0.15) is 12.4 Å². The molecule has 0 aliphatic heterocycles. The van der Waals surface area contributed by atoms with E-state index in [1.54, 1.807) is 24.3 Å². The molecule has 0 unspecified atom stereocenters. The van der Waals surface area contributed by atoms with Crippen molar-refractivity contribution in [2.45, 2.75) is 6.61 Å². The quantitative estimate of drug-likeness (QED) is 0.723. The highest BCUT2D eigenvalue weighted by atomic mass is 35.5. The highest BCUT2D eigenvalue weighted by molar-refractivity contribution is 6.30. The summed E-state index contributed by atoms with van der Waals surface area (Å²) < 4.78 is 5.72. The third-order valence-electron chi connectivity index (χ3n) is 3.92. The van der Waals surface area contributed by atoms with Gasteiger partial charge in [-0.25, -0.2) is 0 Å². The molecule has 3 aromatic rings. The van der Waals surface area contributed by atoms with Crippen LogP contribution in [0, 0.1) is 11.3 Å². The van der Waals surface area contributed by atoms with E-state index in [4.69, 9.17) is 22.1 Å². The monoisotopic (exact) mass is 362 g/mol. The van der Waals surface area contributed by atoms with Gasteiger partial charge in [0, 0.05) is 5.02 Å². The number of hydrogen-bond acceptors (Lipinski definition) is 3. The van der Waals surface area contributed by atoms with Crippen LogP contribution >= 0.6 is 11.6 Å². The number of nitrogens with zero attached hydrogens (tertiary/aromatic N) is 1. The van der Waals surface area contributed by atoms with Crippen molar-refractivity contribution in [2.24, 2.45) is 5.73 Å². The number of carbonyl (C=O) groups is 1. The average Bonchev–Trinajstić information content (AvgIpc) is 2.66. The van der Waals surface area contributed by atoms with Crippen LogP contribution in [-0.2, 0) is 6.61 Å². The van der Waals surface area contributed by atoms with Gasteiger partial charge >= 0.3 is 0 Å². The van der Waals surface area contributed by atoms with Gasteiger partial charge in [0.05, 0.1) is 17.2 Å². The van der Waals surface area contributed by atoms with Crippen LogP contribution in [-0.4, -0.2) is 5.91 Å². The molecule has 0 atom stereocenters. The molecule has 0 aromatic heterocycles. The zero-order valence-electron chi connectivity index (χ0n) is 13.8. The molecule has 3 rings (SSSR count). The molecule has 26 heavy (non-hydrogen) atoms. The van der Waals surface area contributed by atoms with Gasteiger partial charge in [-0.1, -0.05) is 54.1 Å². The summed E-state index contributed by atoms with van der Waals surface area (Å²) in [5.74, 6) is -0.218. The van der Waals surface area contributed by atoms with E-state index in [1.165, 1.54) is 0 Å². The molecule has 4 nitrogen and oxygen atoms in total. The van der Waals surface area contributed by atoms with E-state index in [9.17, 15) is 10.1 Å². The van der Waals surface area contributed by atoms with Gasteiger partial charge in [-0.3, -0.25) is 4.79 Å². The summed E-state index contributed by atoms with van der Waals surface area (Å²) in [5.41, 5.74) is 9.02. The number of halogens is 1. The van der Waals surface area contributed by atoms with Crippen LogP contribution in [0.15, 0.2) is 66.7 Å². The molecule has 0 spiro atoms. The number of primary amides is 1. The highest BCUT2D eigenvalue weighted by Gasteiger charge is 2.10. The number of carbonyl (C=O) groups excluding carboxylic acids is 1. The second-order valence-corrected chi connectivity index (χ2v) is 6.08. The topological polar surface area (TPSA) is 76.1 Å². The Labute approximate surface area is 156 Å². The number of benzene rings is 3. The highest BCUT2D eigenvalue weighted by Crippen LogP contribution is 2.26. The molecule has 1 amide bonds. The van der Waals surface area contributed by atoms with E-state index in [-0.39, 0.29) is 12.2 Å². The van der Waals surface area contributed by atoms with E-state index in [1.807, 2.05) is 42.5 Å². The van der Waals surface area contributed by atoms with Crippen LogP contribution in [0.4, 0.5) is 0 Å². The minimum Gasteiger partial charge on any atom is -0.488 e. The molecule has 0 aliphatic carbocycles. The van der Waals surface area contributed by atoms with Crippen LogP contribution < -0.4 is 10.5 Å². The van der Waals surface area contributed by atoms with E-state index < -0.39 is 5.91 Å². The van der Waals surface area contributed by atoms with Crippen molar-refractivity contribution in [3.8, 4) is 22.9 Å². The summed E-state index contributed by atoms with van der Waals surface area (Å²) in [6.07, 6.45) is 0. The first-order valence-corrected chi connectivity index (χ1v) is 8.27. The Morgan fingerprint density at radius 2 is 1.81 bits per heavy atom. The van der Waals surface area contributed by atoms with Crippen molar-refractivity contribution in [3.05, 3.63) is 88.4 Å². The molecule has 0 radical (unpaired) electrons. The molecule has 128 valence electrons. The van der Waals surface area contributed by atoms with Gasteiger partial charge in [-0.05, 0) is 41.0 Å². The zero-order chi connectivity index (χ0) is 18.5. The Kier molecular flexibility index (Phi) is 5.21. The Morgan fingerprint density at radius 1 is 1.08 bits per heavy atom. The molecular formula is C21H15ClN2O2. The summed E-state index contributed by atoms with van der Waals surface area (Å²) in [5, 5.41) is 9.69. The first-order chi connectivity index (χ1) is 12.6. The molecule has 2 N–H and O–H groups in total. The Hall–Kier alpha value is -3.29. The predicted molar refractivity (Wildman–Crippen MR) is 101 cm³/mol. The minimum atomic E-state index is -0.569. The molecule has 0 fully saturated rings. The lowest BCUT2D eigenvalue weighted by molar-refractivity contribution is 0.0996. The lowest BCUT2D eigenvalue weighted by atomic mass is 9.99.